The summed E-state index contributed by atoms with van der Waals surface area (Å²) in [6.07, 6.45) is 8.05. The van der Waals surface area contributed by atoms with Gasteiger partial charge in [-0.2, -0.15) is 0 Å². The maximum absolute atomic E-state index is 11.8. The molecule has 1 saturated heterocycles. The number of amides is 1. The van der Waals surface area contributed by atoms with Gasteiger partial charge in [-0.3, -0.25) is 4.79 Å². The van der Waals surface area contributed by atoms with Crippen molar-refractivity contribution >= 4 is 17.4 Å². The summed E-state index contributed by atoms with van der Waals surface area (Å²) in [7, 11) is 0. The van der Waals surface area contributed by atoms with Crippen LogP contribution in [0, 0.1) is 12.3 Å². The highest BCUT2D eigenvalue weighted by atomic mass is 16.5. The monoisotopic (exact) mass is 353 g/mol. The van der Waals surface area contributed by atoms with Gasteiger partial charge in [0.15, 0.2) is 0 Å². The van der Waals surface area contributed by atoms with Crippen LogP contribution in [0.1, 0.15) is 68.2 Å². The summed E-state index contributed by atoms with van der Waals surface area (Å²) in [5, 5.41) is 6.13. The van der Waals surface area contributed by atoms with E-state index in [1.165, 1.54) is 25.7 Å². The molecule has 0 bridgehead atoms. The number of carbonyl (C=O) groups is 1. The molecule has 2 N–H and O–H groups in total. The van der Waals surface area contributed by atoms with Gasteiger partial charge in [-0.25, -0.2) is 4.98 Å². The fourth-order valence-electron chi connectivity index (χ4n) is 2.25. The first-order chi connectivity index (χ1) is 11.8. The van der Waals surface area contributed by atoms with Crippen LogP contribution in [-0.4, -0.2) is 30.6 Å². The highest BCUT2D eigenvalue weighted by Crippen LogP contribution is 2.20. The Kier molecular flexibility index (Phi) is 9.50. The third-order valence-corrected chi connectivity index (χ3v) is 3.89. The van der Waals surface area contributed by atoms with E-state index in [0.29, 0.717) is 0 Å². The van der Waals surface area contributed by atoms with E-state index in [-0.39, 0.29) is 8.76 Å². The molecule has 0 unspecified atom stereocenters. The molecule has 1 aliphatic rings. The molecule has 0 atom stereocenters. The average molecular weight is 354 g/mol. The fraction of sp³-hybridized carbons (Fsp3) is 0.700. The van der Waals surface area contributed by atoms with E-state index in [0.717, 1.165) is 43.2 Å². The smallest absolute Gasteiger partial charge is 0.229 e. The topological polar surface area (TPSA) is 63.2 Å². The quantitative estimate of drug-likeness (QED) is 0.774. The van der Waals surface area contributed by atoms with Gasteiger partial charge >= 0.3 is 0 Å². The van der Waals surface area contributed by atoms with E-state index in [1.807, 2.05) is 33.8 Å². The van der Waals surface area contributed by atoms with Gasteiger partial charge in [-0.05, 0) is 37.8 Å². The molecule has 0 saturated carbocycles. The van der Waals surface area contributed by atoms with Crippen molar-refractivity contribution in [2.24, 2.45) is 5.41 Å². The number of anilines is 2. The van der Waals surface area contributed by atoms with Crippen molar-refractivity contribution in [1.82, 2.24) is 4.98 Å². The number of pyridine rings is 1. The molecular formula is C20H39N3O2. The largest absolute Gasteiger partial charge is 0.381 e. The predicted molar refractivity (Wildman–Crippen MR) is 109 cm³/mol. The van der Waals surface area contributed by atoms with Crippen molar-refractivity contribution < 1.29 is 12.4 Å². The molecule has 1 aromatic heterocycles. The molecule has 2 heterocycles. The zero-order valence-electron chi connectivity index (χ0n) is 16.6. The number of hydrogen-bond donors (Lipinski definition) is 2. The molecule has 0 aliphatic carbocycles. The second-order valence-corrected chi connectivity index (χ2v) is 7.55. The lowest BCUT2D eigenvalue weighted by molar-refractivity contribution is -0.123. The van der Waals surface area contributed by atoms with Crippen LogP contribution in [-0.2, 0) is 9.53 Å². The first-order valence-electron chi connectivity index (χ1n) is 9.44. The minimum absolute atomic E-state index is 0. The van der Waals surface area contributed by atoms with Crippen LogP contribution in [0.5, 0.6) is 0 Å². The highest BCUT2D eigenvalue weighted by molar-refractivity contribution is 5.94. The normalized spacial score (nSPS) is 14.8. The predicted octanol–water partition coefficient (Wildman–Crippen LogP) is 5.27. The van der Waals surface area contributed by atoms with E-state index < -0.39 is 5.41 Å². The minimum atomic E-state index is -0.396. The zero-order chi connectivity index (χ0) is 18.7. The Morgan fingerprint density at radius 1 is 1.24 bits per heavy atom. The van der Waals surface area contributed by atoms with Crippen molar-refractivity contribution in [3.8, 4) is 0 Å². The number of rotatable bonds is 4. The molecule has 1 fully saturated rings. The summed E-state index contributed by atoms with van der Waals surface area (Å²) in [4.78, 5) is 16.2. The van der Waals surface area contributed by atoms with Crippen LogP contribution in [0.15, 0.2) is 12.3 Å². The SMILES string of the molecule is C1CCCOCC1.CCCNc1ncc(NC(=O)C(C)(C)C)cc1C.[HH].[HH]. The maximum atomic E-state index is 11.8. The minimum Gasteiger partial charge on any atom is -0.381 e. The van der Waals surface area contributed by atoms with Crippen molar-refractivity contribution in [3.05, 3.63) is 17.8 Å². The van der Waals surface area contributed by atoms with E-state index in [9.17, 15) is 4.79 Å². The number of nitrogens with zero attached hydrogens (tertiary/aromatic N) is 1. The summed E-state index contributed by atoms with van der Waals surface area (Å²) in [6, 6.07) is 1.94. The molecule has 146 valence electrons. The molecule has 5 nitrogen and oxygen atoms in total. The van der Waals surface area contributed by atoms with E-state index in [1.54, 1.807) is 6.20 Å². The van der Waals surface area contributed by atoms with Crippen molar-refractivity contribution in [3.63, 3.8) is 0 Å². The number of nitrogens with one attached hydrogen (secondary N) is 2. The zero-order valence-corrected chi connectivity index (χ0v) is 16.6. The van der Waals surface area contributed by atoms with Crippen molar-refractivity contribution in [2.45, 2.75) is 66.7 Å². The first kappa shape index (κ1) is 21.4. The Balaban J connectivity index is 0. The molecule has 0 radical (unpaired) electrons. The second-order valence-electron chi connectivity index (χ2n) is 7.55. The molecule has 0 aromatic carbocycles. The average Bonchev–Trinajstić information content (AvgIpc) is 2.86. The Bertz CT molecular complexity index is 515. The van der Waals surface area contributed by atoms with Crippen LogP contribution in [0.2, 0.25) is 0 Å². The van der Waals surface area contributed by atoms with Gasteiger partial charge in [-0.1, -0.05) is 40.5 Å². The molecule has 2 rings (SSSR count). The Morgan fingerprint density at radius 3 is 2.40 bits per heavy atom. The summed E-state index contributed by atoms with van der Waals surface area (Å²) in [5.74, 6) is 0.878. The number of aryl methyl sites for hydroxylation is 1. The lowest BCUT2D eigenvalue weighted by Gasteiger charge is -2.18. The van der Waals surface area contributed by atoms with E-state index in [2.05, 4.69) is 22.5 Å². The Morgan fingerprint density at radius 2 is 1.88 bits per heavy atom. The van der Waals surface area contributed by atoms with Crippen molar-refractivity contribution in [1.29, 1.82) is 0 Å². The molecule has 1 aliphatic heterocycles. The van der Waals surface area contributed by atoms with Gasteiger partial charge in [0.1, 0.15) is 5.82 Å². The summed E-state index contributed by atoms with van der Waals surface area (Å²) >= 11 is 0. The Hall–Kier alpha value is -1.62. The maximum Gasteiger partial charge on any atom is 0.229 e. The third kappa shape index (κ3) is 8.87. The van der Waals surface area contributed by atoms with Gasteiger partial charge < -0.3 is 15.4 Å². The number of aromatic nitrogens is 1. The third-order valence-electron chi connectivity index (χ3n) is 3.89. The van der Waals surface area contributed by atoms with E-state index in [4.69, 9.17) is 4.74 Å². The number of hydrogen-bond acceptors (Lipinski definition) is 4. The highest BCUT2D eigenvalue weighted by Gasteiger charge is 2.21. The fourth-order valence-corrected chi connectivity index (χ4v) is 2.25. The van der Waals surface area contributed by atoms with Gasteiger partial charge in [0.2, 0.25) is 5.91 Å². The molecule has 0 spiro atoms. The van der Waals surface area contributed by atoms with E-state index >= 15 is 0 Å². The van der Waals surface area contributed by atoms with Crippen LogP contribution in [0.25, 0.3) is 0 Å². The molecular weight excluding hydrogens is 314 g/mol. The van der Waals surface area contributed by atoms with Gasteiger partial charge in [-0.15, -0.1) is 0 Å². The number of ether oxygens (including phenoxy) is 1. The van der Waals surface area contributed by atoms with Crippen LogP contribution >= 0.6 is 0 Å². The van der Waals surface area contributed by atoms with Gasteiger partial charge in [0.05, 0.1) is 11.9 Å². The van der Waals surface area contributed by atoms with Crippen LogP contribution in [0.3, 0.4) is 0 Å². The van der Waals surface area contributed by atoms with Crippen LogP contribution < -0.4 is 10.6 Å². The summed E-state index contributed by atoms with van der Waals surface area (Å²) < 4.78 is 5.19. The molecule has 5 heteroatoms. The lowest BCUT2D eigenvalue weighted by atomic mass is 9.95. The summed E-state index contributed by atoms with van der Waals surface area (Å²) in [6.45, 7) is 12.7. The lowest BCUT2D eigenvalue weighted by Crippen LogP contribution is -2.27. The molecule has 1 amide bonds. The van der Waals surface area contributed by atoms with Gasteiger partial charge in [0, 0.05) is 28.0 Å². The number of carbonyl (C=O) groups excluding carboxylic acids is 1. The first-order valence-corrected chi connectivity index (χ1v) is 9.44. The molecule has 1 aromatic rings. The Labute approximate surface area is 155 Å². The molecule has 25 heavy (non-hydrogen) atoms. The van der Waals surface area contributed by atoms with Crippen molar-refractivity contribution in [2.75, 3.05) is 30.4 Å². The standard InChI is InChI=1S/C14H23N3O.C6H12O.2H2/c1-6-7-15-12-10(2)8-11(9-16-12)17-13(18)14(3,4)5;1-2-4-6-7-5-3-1;;/h8-9H,6-7H2,1-5H3,(H,15,16)(H,17,18);1-6H2;2*1H. The second kappa shape index (κ2) is 11.1. The van der Waals surface area contributed by atoms with Crippen LogP contribution in [0.4, 0.5) is 11.5 Å². The van der Waals surface area contributed by atoms with Gasteiger partial charge in [0.25, 0.3) is 0 Å². The summed E-state index contributed by atoms with van der Waals surface area (Å²) in [5.41, 5.74) is 1.39.